The molecule has 0 bridgehead atoms. The zero-order valence-electron chi connectivity index (χ0n) is 13.3. The smallest absolute Gasteiger partial charge is 0.255 e. The maximum absolute atomic E-state index is 12.4. The van der Waals surface area contributed by atoms with Crippen molar-refractivity contribution in [1.29, 1.82) is 0 Å². The molecule has 1 aromatic carbocycles. The highest BCUT2D eigenvalue weighted by molar-refractivity contribution is 5.96. The number of ether oxygens (including phenoxy) is 1. The molecule has 1 amide bonds. The molecule has 1 aliphatic heterocycles. The summed E-state index contributed by atoms with van der Waals surface area (Å²) in [6.07, 6.45) is 2.54. The van der Waals surface area contributed by atoms with E-state index >= 15 is 0 Å². The summed E-state index contributed by atoms with van der Waals surface area (Å²) in [4.78, 5) is 14.8. The van der Waals surface area contributed by atoms with Crippen LogP contribution in [0.15, 0.2) is 24.3 Å². The van der Waals surface area contributed by atoms with Crippen LogP contribution in [0.4, 0.5) is 0 Å². The fraction of sp³-hybridized carbons (Fsp3) is 0.588. The number of rotatable bonds is 6. The molecule has 1 aliphatic rings. The van der Waals surface area contributed by atoms with Gasteiger partial charge in [0.25, 0.3) is 5.91 Å². The lowest BCUT2D eigenvalue weighted by Crippen LogP contribution is -2.45. The van der Waals surface area contributed by atoms with Crippen molar-refractivity contribution in [3.8, 4) is 5.75 Å². The average molecular weight is 290 g/mol. The summed E-state index contributed by atoms with van der Waals surface area (Å²) in [5.41, 5.74) is 0.601. The van der Waals surface area contributed by atoms with Crippen molar-refractivity contribution in [2.24, 2.45) is 5.92 Å². The topological polar surface area (TPSA) is 41.6 Å². The Kier molecular flexibility index (Phi) is 5.62. The number of para-hydroxylation sites is 1. The van der Waals surface area contributed by atoms with Crippen LogP contribution >= 0.6 is 0 Å². The van der Waals surface area contributed by atoms with Crippen molar-refractivity contribution in [3.63, 3.8) is 0 Å². The van der Waals surface area contributed by atoms with Gasteiger partial charge in [-0.25, -0.2) is 0 Å². The maximum atomic E-state index is 12.4. The first-order valence-electron chi connectivity index (χ1n) is 7.78. The monoisotopic (exact) mass is 290 g/mol. The molecule has 0 saturated carbocycles. The first kappa shape index (κ1) is 15.8. The number of likely N-dealkylation sites (tertiary alicyclic amines) is 1. The van der Waals surface area contributed by atoms with Gasteiger partial charge in [0.2, 0.25) is 0 Å². The number of hydrogen-bond donors (Lipinski definition) is 1. The molecule has 4 heteroatoms. The van der Waals surface area contributed by atoms with Gasteiger partial charge in [-0.05, 0) is 44.0 Å². The Balaban J connectivity index is 1.98. The molecule has 21 heavy (non-hydrogen) atoms. The second-order valence-corrected chi connectivity index (χ2v) is 5.96. The zero-order valence-corrected chi connectivity index (χ0v) is 13.3. The SMILES string of the molecule is COc1ccccc1C(=O)NCC(C(C)C)N1CCCC1. The van der Waals surface area contributed by atoms with E-state index in [2.05, 4.69) is 24.1 Å². The Hall–Kier alpha value is -1.55. The predicted octanol–water partition coefficient (Wildman–Crippen LogP) is 2.55. The van der Waals surface area contributed by atoms with Gasteiger partial charge < -0.3 is 10.1 Å². The third-order valence-corrected chi connectivity index (χ3v) is 4.20. The van der Waals surface area contributed by atoms with Crippen molar-refractivity contribution >= 4 is 5.91 Å². The van der Waals surface area contributed by atoms with E-state index < -0.39 is 0 Å². The Morgan fingerprint density at radius 3 is 2.57 bits per heavy atom. The summed E-state index contributed by atoms with van der Waals surface area (Å²) in [6, 6.07) is 7.75. The minimum Gasteiger partial charge on any atom is -0.496 e. The Morgan fingerprint density at radius 1 is 1.29 bits per heavy atom. The molecule has 0 aromatic heterocycles. The van der Waals surface area contributed by atoms with E-state index in [1.54, 1.807) is 13.2 Å². The molecular weight excluding hydrogens is 264 g/mol. The molecule has 2 rings (SSSR count). The highest BCUT2D eigenvalue weighted by Crippen LogP contribution is 2.19. The molecule has 116 valence electrons. The fourth-order valence-corrected chi connectivity index (χ4v) is 2.98. The van der Waals surface area contributed by atoms with E-state index in [-0.39, 0.29) is 5.91 Å². The van der Waals surface area contributed by atoms with Gasteiger partial charge in [0.1, 0.15) is 5.75 Å². The number of benzene rings is 1. The first-order valence-corrected chi connectivity index (χ1v) is 7.78. The number of nitrogens with zero attached hydrogens (tertiary/aromatic N) is 1. The van der Waals surface area contributed by atoms with Gasteiger partial charge in [-0.15, -0.1) is 0 Å². The van der Waals surface area contributed by atoms with Gasteiger partial charge in [0, 0.05) is 12.6 Å². The van der Waals surface area contributed by atoms with Crippen molar-refractivity contribution in [2.75, 3.05) is 26.7 Å². The van der Waals surface area contributed by atoms with Crippen LogP contribution in [-0.2, 0) is 0 Å². The van der Waals surface area contributed by atoms with E-state index in [4.69, 9.17) is 4.74 Å². The van der Waals surface area contributed by atoms with Gasteiger partial charge >= 0.3 is 0 Å². The Morgan fingerprint density at radius 2 is 1.95 bits per heavy atom. The molecule has 1 saturated heterocycles. The Bertz CT molecular complexity index is 468. The number of hydrogen-bond acceptors (Lipinski definition) is 3. The minimum atomic E-state index is -0.0581. The summed E-state index contributed by atoms with van der Waals surface area (Å²) in [5, 5.41) is 3.07. The summed E-state index contributed by atoms with van der Waals surface area (Å²) < 4.78 is 5.25. The number of nitrogens with one attached hydrogen (secondary N) is 1. The molecule has 1 heterocycles. The summed E-state index contributed by atoms with van der Waals surface area (Å²) >= 11 is 0. The lowest BCUT2D eigenvalue weighted by molar-refractivity contribution is 0.0924. The molecule has 1 fully saturated rings. The largest absolute Gasteiger partial charge is 0.496 e. The average Bonchev–Trinajstić information content (AvgIpc) is 3.01. The van der Waals surface area contributed by atoms with Gasteiger partial charge in [-0.1, -0.05) is 26.0 Å². The number of carbonyl (C=O) groups excluding carboxylic acids is 1. The van der Waals surface area contributed by atoms with Crippen LogP contribution in [0, 0.1) is 5.92 Å². The zero-order chi connectivity index (χ0) is 15.2. The summed E-state index contributed by atoms with van der Waals surface area (Å²) in [7, 11) is 1.59. The van der Waals surface area contributed by atoms with Gasteiger partial charge in [-0.2, -0.15) is 0 Å². The van der Waals surface area contributed by atoms with Crippen LogP contribution in [-0.4, -0.2) is 43.6 Å². The Labute approximate surface area is 127 Å². The van der Waals surface area contributed by atoms with Crippen LogP contribution < -0.4 is 10.1 Å². The van der Waals surface area contributed by atoms with Gasteiger partial charge in [-0.3, -0.25) is 9.69 Å². The molecule has 4 nitrogen and oxygen atoms in total. The van der Waals surface area contributed by atoms with E-state index in [1.807, 2.05) is 18.2 Å². The first-order chi connectivity index (χ1) is 10.1. The summed E-state index contributed by atoms with van der Waals surface area (Å²) in [6.45, 7) is 7.42. The van der Waals surface area contributed by atoms with E-state index in [0.29, 0.717) is 29.8 Å². The molecule has 0 spiro atoms. The van der Waals surface area contributed by atoms with E-state index in [0.717, 1.165) is 13.1 Å². The number of amides is 1. The van der Waals surface area contributed by atoms with Crippen LogP contribution in [0.25, 0.3) is 0 Å². The predicted molar refractivity (Wildman–Crippen MR) is 84.8 cm³/mol. The number of methoxy groups -OCH3 is 1. The van der Waals surface area contributed by atoms with Crippen molar-refractivity contribution in [1.82, 2.24) is 10.2 Å². The molecule has 0 aliphatic carbocycles. The van der Waals surface area contributed by atoms with Crippen molar-refractivity contribution in [2.45, 2.75) is 32.7 Å². The van der Waals surface area contributed by atoms with E-state index in [9.17, 15) is 4.79 Å². The molecule has 1 aromatic rings. The highest BCUT2D eigenvalue weighted by atomic mass is 16.5. The van der Waals surface area contributed by atoms with Crippen LogP contribution in [0.1, 0.15) is 37.0 Å². The second-order valence-electron chi connectivity index (χ2n) is 5.96. The maximum Gasteiger partial charge on any atom is 0.255 e. The standard InChI is InChI=1S/C17H26N2O2/c1-13(2)15(19-10-6-7-11-19)12-18-17(20)14-8-4-5-9-16(14)21-3/h4-5,8-9,13,15H,6-7,10-12H2,1-3H3,(H,18,20). The third-order valence-electron chi connectivity index (χ3n) is 4.20. The minimum absolute atomic E-state index is 0.0581. The van der Waals surface area contributed by atoms with E-state index in [1.165, 1.54) is 12.8 Å². The molecule has 1 atom stereocenters. The molecule has 0 radical (unpaired) electrons. The number of carbonyl (C=O) groups is 1. The van der Waals surface area contributed by atoms with Crippen LogP contribution in [0.2, 0.25) is 0 Å². The van der Waals surface area contributed by atoms with Crippen molar-refractivity contribution in [3.05, 3.63) is 29.8 Å². The molecule has 1 N–H and O–H groups in total. The van der Waals surface area contributed by atoms with Crippen LogP contribution in [0.5, 0.6) is 5.75 Å². The van der Waals surface area contributed by atoms with Gasteiger partial charge in [0.15, 0.2) is 0 Å². The summed E-state index contributed by atoms with van der Waals surface area (Å²) in [5.74, 6) is 1.09. The lowest BCUT2D eigenvalue weighted by atomic mass is 10.0. The van der Waals surface area contributed by atoms with Gasteiger partial charge in [0.05, 0.1) is 12.7 Å². The third kappa shape index (κ3) is 3.97. The highest BCUT2D eigenvalue weighted by Gasteiger charge is 2.25. The van der Waals surface area contributed by atoms with Crippen LogP contribution in [0.3, 0.4) is 0 Å². The molecule has 1 unspecified atom stereocenters. The normalized spacial score (nSPS) is 17.0. The van der Waals surface area contributed by atoms with Crippen molar-refractivity contribution < 1.29 is 9.53 Å². The quantitative estimate of drug-likeness (QED) is 0.875. The second kappa shape index (κ2) is 7.46. The molecular formula is C17H26N2O2. The lowest BCUT2D eigenvalue weighted by Gasteiger charge is -2.31. The fourth-order valence-electron chi connectivity index (χ4n) is 2.98.